The first kappa shape index (κ1) is 17.8. The van der Waals surface area contributed by atoms with E-state index >= 15 is 0 Å². The normalized spacial score (nSPS) is 20.0. The molecular weight excluding hydrogens is 338 g/mol. The number of hydrogen-bond acceptors (Lipinski definition) is 2. The van der Waals surface area contributed by atoms with Crippen LogP contribution in [0.15, 0.2) is 42.6 Å². The van der Waals surface area contributed by atoms with Crippen molar-refractivity contribution < 1.29 is 9.59 Å². The first-order valence-electron chi connectivity index (χ1n) is 10.0. The van der Waals surface area contributed by atoms with Gasteiger partial charge in [0.15, 0.2) is 0 Å². The van der Waals surface area contributed by atoms with Gasteiger partial charge in [0.25, 0.3) is 5.91 Å². The van der Waals surface area contributed by atoms with Gasteiger partial charge in [0, 0.05) is 31.3 Å². The molecular formula is C22H27N3O2. The van der Waals surface area contributed by atoms with Crippen LogP contribution in [-0.2, 0) is 4.79 Å². The molecule has 0 radical (unpaired) electrons. The van der Waals surface area contributed by atoms with E-state index < -0.39 is 0 Å². The van der Waals surface area contributed by atoms with E-state index in [9.17, 15) is 9.59 Å². The lowest BCUT2D eigenvalue weighted by atomic mass is 9.89. The van der Waals surface area contributed by atoms with Gasteiger partial charge in [0.1, 0.15) is 5.69 Å². The van der Waals surface area contributed by atoms with E-state index in [2.05, 4.69) is 10.6 Å². The van der Waals surface area contributed by atoms with Crippen LogP contribution in [0.5, 0.6) is 0 Å². The second-order valence-corrected chi connectivity index (χ2v) is 7.76. The van der Waals surface area contributed by atoms with Crippen LogP contribution in [0.2, 0.25) is 0 Å². The summed E-state index contributed by atoms with van der Waals surface area (Å²) in [6.45, 7) is 1.28. The second-order valence-electron chi connectivity index (χ2n) is 7.76. The number of rotatable bonds is 5. The standard InChI is InChI=1S/C22H27N3O2/c26-21(23-13-16-7-3-1-4-8-16)12-19-14-24-22(27)20-11-18(15-25(19)20)17-9-5-2-6-10-17/h2,5-6,9-11,15-16,19H,1,3-4,7-8,12-14H2,(H,23,26)(H,24,27). The molecule has 2 N–H and O–H groups in total. The number of hydrogen-bond donors (Lipinski definition) is 2. The third-order valence-corrected chi connectivity index (χ3v) is 5.81. The number of carbonyl (C=O) groups is 2. The summed E-state index contributed by atoms with van der Waals surface area (Å²) in [5.74, 6) is 0.624. The van der Waals surface area contributed by atoms with Crippen molar-refractivity contribution in [1.29, 1.82) is 0 Å². The van der Waals surface area contributed by atoms with Crippen molar-refractivity contribution in [2.24, 2.45) is 5.92 Å². The highest BCUT2D eigenvalue weighted by molar-refractivity contribution is 5.95. The van der Waals surface area contributed by atoms with Crippen molar-refractivity contribution in [3.8, 4) is 11.1 Å². The molecule has 2 aromatic rings. The van der Waals surface area contributed by atoms with Gasteiger partial charge >= 0.3 is 0 Å². The molecule has 4 rings (SSSR count). The van der Waals surface area contributed by atoms with Crippen LogP contribution < -0.4 is 10.6 Å². The number of nitrogens with one attached hydrogen (secondary N) is 2. The van der Waals surface area contributed by atoms with E-state index in [0.29, 0.717) is 24.6 Å². The molecule has 2 heterocycles. The van der Waals surface area contributed by atoms with Gasteiger partial charge < -0.3 is 15.2 Å². The fraction of sp³-hybridized carbons (Fsp3) is 0.455. The zero-order valence-corrected chi connectivity index (χ0v) is 15.6. The third kappa shape index (κ3) is 4.07. The molecule has 1 unspecified atom stereocenters. The van der Waals surface area contributed by atoms with Crippen LogP contribution >= 0.6 is 0 Å². The molecule has 1 aromatic heterocycles. The molecule has 5 heteroatoms. The van der Waals surface area contributed by atoms with Crippen molar-refractivity contribution in [1.82, 2.24) is 15.2 Å². The molecule has 2 amide bonds. The highest BCUT2D eigenvalue weighted by atomic mass is 16.2. The molecule has 1 aliphatic carbocycles. The smallest absolute Gasteiger partial charge is 0.268 e. The fourth-order valence-corrected chi connectivity index (χ4v) is 4.26. The van der Waals surface area contributed by atoms with Gasteiger partial charge in [-0.25, -0.2) is 0 Å². The molecule has 1 aromatic carbocycles. The maximum atomic E-state index is 12.5. The third-order valence-electron chi connectivity index (χ3n) is 5.81. The summed E-state index contributed by atoms with van der Waals surface area (Å²) >= 11 is 0. The Morgan fingerprint density at radius 3 is 2.67 bits per heavy atom. The first-order chi connectivity index (χ1) is 13.2. The van der Waals surface area contributed by atoms with Crippen molar-refractivity contribution >= 4 is 11.8 Å². The molecule has 142 valence electrons. The summed E-state index contributed by atoms with van der Waals surface area (Å²) in [6.07, 6.45) is 8.73. The van der Waals surface area contributed by atoms with Gasteiger partial charge in [-0.2, -0.15) is 0 Å². The van der Waals surface area contributed by atoms with E-state index in [1.165, 1.54) is 32.1 Å². The summed E-state index contributed by atoms with van der Waals surface area (Å²) in [7, 11) is 0. The summed E-state index contributed by atoms with van der Waals surface area (Å²) < 4.78 is 1.97. The summed E-state index contributed by atoms with van der Waals surface area (Å²) in [4.78, 5) is 24.7. The minimum absolute atomic E-state index is 0.0403. The zero-order chi connectivity index (χ0) is 18.6. The van der Waals surface area contributed by atoms with Crippen LogP contribution in [0.25, 0.3) is 11.1 Å². The maximum Gasteiger partial charge on any atom is 0.268 e. The molecule has 5 nitrogen and oxygen atoms in total. The van der Waals surface area contributed by atoms with Gasteiger partial charge in [-0.15, -0.1) is 0 Å². The number of nitrogens with zero attached hydrogens (tertiary/aromatic N) is 1. The minimum Gasteiger partial charge on any atom is -0.356 e. The van der Waals surface area contributed by atoms with Crippen LogP contribution in [0.3, 0.4) is 0 Å². The lowest BCUT2D eigenvalue weighted by Crippen LogP contribution is -2.41. The highest BCUT2D eigenvalue weighted by Crippen LogP contribution is 2.28. The van der Waals surface area contributed by atoms with Crippen molar-refractivity contribution in [3.63, 3.8) is 0 Å². The summed E-state index contributed by atoms with van der Waals surface area (Å²) in [6, 6.07) is 11.9. The van der Waals surface area contributed by atoms with Crippen LogP contribution in [0, 0.1) is 5.92 Å². The second kappa shape index (κ2) is 7.99. The first-order valence-corrected chi connectivity index (χ1v) is 10.0. The molecule has 2 aliphatic rings. The Kier molecular flexibility index (Phi) is 5.28. The Hall–Kier alpha value is -2.56. The molecule has 0 spiro atoms. The molecule has 1 fully saturated rings. The Morgan fingerprint density at radius 1 is 1.11 bits per heavy atom. The summed E-state index contributed by atoms with van der Waals surface area (Å²) in [5, 5.41) is 6.04. The van der Waals surface area contributed by atoms with Crippen LogP contribution in [-0.4, -0.2) is 29.5 Å². The number of carbonyl (C=O) groups excluding carboxylic acids is 2. The van der Waals surface area contributed by atoms with Crippen molar-refractivity contribution in [2.45, 2.75) is 44.6 Å². The molecule has 0 bridgehead atoms. The average Bonchev–Trinajstić information content (AvgIpc) is 3.17. The molecule has 1 aliphatic heterocycles. The summed E-state index contributed by atoms with van der Waals surface area (Å²) in [5.41, 5.74) is 2.72. The van der Waals surface area contributed by atoms with Crippen LogP contribution in [0.1, 0.15) is 55.1 Å². The number of aromatic nitrogens is 1. The van der Waals surface area contributed by atoms with Crippen molar-refractivity contribution in [3.05, 3.63) is 48.3 Å². The topological polar surface area (TPSA) is 63.1 Å². The highest BCUT2D eigenvalue weighted by Gasteiger charge is 2.27. The van der Waals surface area contributed by atoms with Gasteiger partial charge in [-0.05, 0) is 30.4 Å². The van der Waals surface area contributed by atoms with E-state index in [1.807, 2.05) is 47.2 Å². The lowest BCUT2D eigenvalue weighted by molar-refractivity contribution is -0.122. The number of fused-ring (bicyclic) bond motifs is 1. The Labute approximate surface area is 160 Å². The Bertz CT molecular complexity index is 806. The fourth-order valence-electron chi connectivity index (χ4n) is 4.26. The predicted octanol–water partition coefficient (Wildman–Crippen LogP) is 3.53. The molecule has 1 saturated carbocycles. The maximum absolute atomic E-state index is 12.5. The predicted molar refractivity (Wildman–Crippen MR) is 105 cm³/mol. The minimum atomic E-state index is -0.0731. The quantitative estimate of drug-likeness (QED) is 0.851. The lowest BCUT2D eigenvalue weighted by Gasteiger charge is -2.27. The van der Waals surface area contributed by atoms with Gasteiger partial charge in [0.2, 0.25) is 5.91 Å². The molecule has 0 saturated heterocycles. The SMILES string of the molecule is O=C(CC1CNC(=O)c2cc(-c3ccccc3)cn21)NCC1CCCCC1. The van der Waals surface area contributed by atoms with E-state index in [4.69, 9.17) is 0 Å². The van der Waals surface area contributed by atoms with Crippen LogP contribution in [0.4, 0.5) is 0 Å². The van der Waals surface area contributed by atoms with Gasteiger partial charge in [0.05, 0.1) is 6.04 Å². The number of benzene rings is 1. The Morgan fingerprint density at radius 2 is 1.89 bits per heavy atom. The van der Waals surface area contributed by atoms with E-state index in [-0.39, 0.29) is 17.9 Å². The number of amides is 2. The Balaban J connectivity index is 1.44. The van der Waals surface area contributed by atoms with Crippen molar-refractivity contribution in [2.75, 3.05) is 13.1 Å². The average molecular weight is 365 g/mol. The molecule has 1 atom stereocenters. The zero-order valence-electron chi connectivity index (χ0n) is 15.6. The van der Waals surface area contributed by atoms with Gasteiger partial charge in [-0.1, -0.05) is 49.6 Å². The molecule has 27 heavy (non-hydrogen) atoms. The van der Waals surface area contributed by atoms with E-state index in [1.54, 1.807) is 0 Å². The largest absolute Gasteiger partial charge is 0.356 e. The van der Waals surface area contributed by atoms with E-state index in [0.717, 1.165) is 17.7 Å². The van der Waals surface area contributed by atoms with Gasteiger partial charge in [-0.3, -0.25) is 9.59 Å². The monoisotopic (exact) mass is 365 g/mol.